The molecule has 1 heterocycles. The zero-order valence-corrected chi connectivity index (χ0v) is 16.1. The number of non-ortho nitro benzene ring substituents is 1. The van der Waals surface area contributed by atoms with Crippen LogP contribution in [0.3, 0.4) is 0 Å². The number of rotatable bonds is 7. The normalized spacial score (nSPS) is 10.5. The summed E-state index contributed by atoms with van der Waals surface area (Å²) in [7, 11) is 0. The summed E-state index contributed by atoms with van der Waals surface area (Å²) in [6, 6.07) is 14.1. The van der Waals surface area contributed by atoms with Crippen LogP contribution in [-0.4, -0.2) is 33.3 Å². The van der Waals surface area contributed by atoms with E-state index in [-0.39, 0.29) is 17.2 Å². The lowest BCUT2D eigenvalue weighted by Gasteiger charge is -2.03. The number of nitro benzene ring substituents is 1. The first-order valence-corrected chi connectivity index (χ1v) is 9.33. The van der Waals surface area contributed by atoms with E-state index in [1.165, 1.54) is 30.5 Å². The Bertz CT molecular complexity index is 1070. The molecule has 0 aliphatic heterocycles. The van der Waals surface area contributed by atoms with Crippen molar-refractivity contribution in [3.63, 3.8) is 0 Å². The average Bonchev–Trinajstić information content (AvgIpc) is 3.15. The second-order valence-electron chi connectivity index (χ2n) is 5.76. The number of anilines is 2. The van der Waals surface area contributed by atoms with Gasteiger partial charge in [0.2, 0.25) is 11.0 Å². The first kappa shape index (κ1) is 20.5. The Morgan fingerprint density at radius 3 is 2.50 bits per heavy atom. The van der Waals surface area contributed by atoms with E-state index in [1.54, 1.807) is 24.3 Å². The minimum Gasteiger partial charge on any atom is -0.308 e. The number of hydrogen-bond donors (Lipinski definition) is 3. The molecular weight excluding hydrogens is 410 g/mol. The number of carbonyl (C=O) groups is 2. The van der Waals surface area contributed by atoms with Gasteiger partial charge in [0.15, 0.2) is 0 Å². The third kappa shape index (κ3) is 6.17. The van der Waals surface area contributed by atoms with E-state index in [9.17, 15) is 19.7 Å². The smallest absolute Gasteiger partial charge is 0.308 e. The highest BCUT2D eigenvalue weighted by Gasteiger charge is 2.11. The second-order valence-corrected chi connectivity index (χ2v) is 6.83. The Morgan fingerprint density at radius 1 is 1.07 bits per heavy atom. The molecule has 3 aromatic rings. The Labute approximate surface area is 174 Å². The first-order valence-electron chi connectivity index (χ1n) is 8.51. The van der Waals surface area contributed by atoms with E-state index in [4.69, 9.17) is 0 Å². The largest absolute Gasteiger partial charge is 0.325 e. The predicted molar refractivity (Wildman–Crippen MR) is 112 cm³/mol. The van der Waals surface area contributed by atoms with Crippen molar-refractivity contribution in [3.8, 4) is 0 Å². The molecule has 0 saturated carbocycles. The van der Waals surface area contributed by atoms with E-state index in [1.807, 2.05) is 6.07 Å². The van der Waals surface area contributed by atoms with Gasteiger partial charge in [0.25, 0.3) is 5.69 Å². The van der Waals surface area contributed by atoms with Crippen LogP contribution in [0.5, 0.6) is 0 Å². The van der Waals surface area contributed by atoms with Gasteiger partial charge in [0, 0.05) is 17.8 Å². The van der Waals surface area contributed by atoms with Crippen LogP contribution in [0.4, 0.5) is 21.3 Å². The third-order valence-corrected chi connectivity index (χ3v) is 4.38. The summed E-state index contributed by atoms with van der Waals surface area (Å²) in [6.07, 6.45) is 1.29. The SMILES string of the molecule is O=C(Cc1nnc(NC(=O)Nc2ccccc2)s1)N/N=C\c1ccc([N+](=O)[O-])cc1. The lowest BCUT2D eigenvalue weighted by atomic mass is 10.2. The van der Waals surface area contributed by atoms with Gasteiger partial charge in [-0.05, 0) is 29.8 Å². The summed E-state index contributed by atoms with van der Waals surface area (Å²) >= 11 is 1.06. The second kappa shape index (κ2) is 9.84. The molecule has 152 valence electrons. The molecule has 0 atom stereocenters. The molecule has 1 aromatic heterocycles. The number of hydrazone groups is 1. The van der Waals surface area contributed by atoms with Crippen molar-refractivity contribution in [2.45, 2.75) is 6.42 Å². The van der Waals surface area contributed by atoms with Crippen molar-refractivity contribution in [2.75, 3.05) is 10.6 Å². The molecule has 0 saturated heterocycles. The molecule has 0 bridgehead atoms. The van der Waals surface area contributed by atoms with Crippen LogP contribution in [0.25, 0.3) is 0 Å². The molecule has 0 aliphatic rings. The molecule has 3 rings (SSSR count). The van der Waals surface area contributed by atoms with Crippen molar-refractivity contribution in [3.05, 3.63) is 75.3 Å². The van der Waals surface area contributed by atoms with E-state index < -0.39 is 16.9 Å². The number of aromatic nitrogens is 2. The number of benzene rings is 2. The Kier molecular flexibility index (Phi) is 6.74. The highest BCUT2D eigenvalue weighted by atomic mass is 32.1. The molecule has 0 fully saturated rings. The molecule has 2 aromatic carbocycles. The molecule has 0 spiro atoms. The van der Waals surface area contributed by atoms with Gasteiger partial charge in [-0.2, -0.15) is 5.10 Å². The topological polar surface area (TPSA) is 152 Å². The number of nitrogens with zero attached hydrogens (tertiary/aromatic N) is 4. The fraction of sp³-hybridized carbons (Fsp3) is 0.0556. The van der Waals surface area contributed by atoms with Gasteiger partial charge in [0.1, 0.15) is 5.01 Å². The van der Waals surface area contributed by atoms with Gasteiger partial charge in [-0.3, -0.25) is 20.2 Å². The number of nitro groups is 1. The molecule has 3 N–H and O–H groups in total. The van der Waals surface area contributed by atoms with Gasteiger partial charge in [-0.15, -0.1) is 10.2 Å². The summed E-state index contributed by atoms with van der Waals surface area (Å²) in [4.78, 5) is 34.0. The van der Waals surface area contributed by atoms with Crippen LogP contribution in [0.1, 0.15) is 10.6 Å². The maximum Gasteiger partial charge on any atom is 0.325 e. The molecule has 0 unspecified atom stereocenters. The maximum absolute atomic E-state index is 11.9. The lowest BCUT2D eigenvalue weighted by Crippen LogP contribution is -2.19. The highest BCUT2D eigenvalue weighted by Crippen LogP contribution is 2.16. The van der Waals surface area contributed by atoms with E-state index in [0.29, 0.717) is 16.3 Å². The average molecular weight is 425 g/mol. The number of nitrogens with one attached hydrogen (secondary N) is 3. The number of amides is 3. The number of hydrogen-bond acceptors (Lipinski definition) is 8. The highest BCUT2D eigenvalue weighted by molar-refractivity contribution is 7.15. The van der Waals surface area contributed by atoms with E-state index in [0.717, 1.165) is 11.3 Å². The van der Waals surface area contributed by atoms with Crippen LogP contribution in [0.15, 0.2) is 59.7 Å². The van der Waals surface area contributed by atoms with Crippen LogP contribution < -0.4 is 16.1 Å². The van der Waals surface area contributed by atoms with Gasteiger partial charge in [-0.25, -0.2) is 10.2 Å². The van der Waals surface area contributed by atoms with Gasteiger partial charge in [0.05, 0.1) is 17.6 Å². The minimum absolute atomic E-state index is 0.0330. The zero-order valence-electron chi connectivity index (χ0n) is 15.3. The minimum atomic E-state index is -0.501. The number of urea groups is 1. The Morgan fingerprint density at radius 2 is 1.80 bits per heavy atom. The molecule has 0 radical (unpaired) electrons. The van der Waals surface area contributed by atoms with Crippen molar-refractivity contribution >= 4 is 46.0 Å². The van der Waals surface area contributed by atoms with Crippen molar-refractivity contribution in [1.29, 1.82) is 0 Å². The summed E-state index contributed by atoms with van der Waals surface area (Å²) in [6.45, 7) is 0. The van der Waals surface area contributed by atoms with Crippen LogP contribution in [0, 0.1) is 10.1 Å². The molecule has 12 heteroatoms. The predicted octanol–water partition coefficient (Wildman–Crippen LogP) is 2.78. The molecular formula is C18H15N7O4S. The molecule has 30 heavy (non-hydrogen) atoms. The summed E-state index contributed by atoms with van der Waals surface area (Å²) < 4.78 is 0. The summed E-state index contributed by atoms with van der Waals surface area (Å²) in [5, 5.41) is 27.9. The fourth-order valence-electron chi connectivity index (χ4n) is 2.19. The van der Waals surface area contributed by atoms with Crippen molar-refractivity contribution in [1.82, 2.24) is 15.6 Å². The van der Waals surface area contributed by atoms with Crippen LogP contribution >= 0.6 is 11.3 Å². The maximum atomic E-state index is 11.9. The number of para-hydroxylation sites is 1. The van der Waals surface area contributed by atoms with Gasteiger partial charge in [-0.1, -0.05) is 29.5 Å². The van der Waals surface area contributed by atoms with Crippen LogP contribution in [0.2, 0.25) is 0 Å². The third-order valence-electron chi connectivity index (χ3n) is 3.54. The fourth-order valence-corrected chi connectivity index (χ4v) is 2.93. The first-order chi connectivity index (χ1) is 14.5. The molecule has 3 amide bonds. The van der Waals surface area contributed by atoms with Crippen molar-refractivity contribution in [2.24, 2.45) is 5.10 Å². The van der Waals surface area contributed by atoms with Gasteiger partial charge < -0.3 is 5.32 Å². The monoisotopic (exact) mass is 425 g/mol. The molecule has 0 aliphatic carbocycles. The standard InChI is InChI=1S/C18H15N7O4S/c26-15(22-19-11-12-6-8-14(9-7-12)25(28)29)10-16-23-24-18(30-16)21-17(27)20-13-4-2-1-3-5-13/h1-9,11H,10H2,(H,22,26)(H2,20,21,24,27)/b19-11-. The van der Waals surface area contributed by atoms with E-state index >= 15 is 0 Å². The Balaban J connectivity index is 1.46. The Hall–Kier alpha value is -4.19. The molecule has 11 nitrogen and oxygen atoms in total. The summed E-state index contributed by atoms with van der Waals surface area (Å²) in [5.41, 5.74) is 3.52. The van der Waals surface area contributed by atoms with Crippen LogP contribution in [-0.2, 0) is 11.2 Å². The number of carbonyl (C=O) groups excluding carboxylic acids is 2. The van der Waals surface area contributed by atoms with E-state index in [2.05, 4.69) is 31.4 Å². The quantitative estimate of drug-likeness (QED) is 0.301. The summed E-state index contributed by atoms with van der Waals surface area (Å²) in [5.74, 6) is -0.426. The zero-order chi connectivity index (χ0) is 21.3. The van der Waals surface area contributed by atoms with Crippen molar-refractivity contribution < 1.29 is 14.5 Å². The van der Waals surface area contributed by atoms with Gasteiger partial charge >= 0.3 is 6.03 Å². The lowest BCUT2D eigenvalue weighted by molar-refractivity contribution is -0.384.